The minimum absolute atomic E-state index is 0.0534. The number of carbonyl (C=O) groups excluding carboxylic acids is 1. The van der Waals surface area contributed by atoms with Crippen molar-refractivity contribution in [2.24, 2.45) is 5.92 Å². The Morgan fingerprint density at radius 3 is 2.24 bits per heavy atom. The summed E-state index contributed by atoms with van der Waals surface area (Å²) in [5.74, 6) is -0.0678. The van der Waals surface area contributed by atoms with E-state index in [1.165, 1.54) is 31.2 Å². The van der Waals surface area contributed by atoms with Gasteiger partial charge in [0, 0.05) is 12.1 Å². The summed E-state index contributed by atoms with van der Waals surface area (Å²) in [6.07, 6.45) is 1.75. The first kappa shape index (κ1) is 17.8. The van der Waals surface area contributed by atoms with Crippen LogP contribution in [0.5, 0.6) is 0 Å². The van der Waals surface area contributed by atoms with Crippen LogP contribution in [0.4, 0.5) is 0 Å². The van der Waals surface area contributed by atoms with Gasteiger partial charge < -0.3 is 5.11 Å². The number of Topliss-reactive ketones (excluding diaryl/α,β-unsaturated/α-hetero) is 1. The number of ketones is 1. The maximum Gasteiger partial charge on any atom is 0.240 e. The molecule has 5 nitrogen and oxygen atoms in total. The molecule has 1 aliphatic rings. The number of aliphatic hydroxyl groups is 1. The zero-order valence-electron chi connectivity index (χ0n) is 14.0. The van der Waals surface area contributed by atoms with E-state index in [0.717, 1.165) is 12.8 Å². The Morgan fingerprint density at radius 1 is 1.12 bits per heavy atom. The molecule has 1 aliphatic carbocycles. The Hall–Kier alpha value is -2.02. The van der Waals surface area contributed by atoms with Crippen molar-refractivity contribution < 1.29 is 18.3 Å². The highest BCUT2D eigenvalue weighted by Crippen LogP contribution is 2.45. The third-order valence-corrected chi connectivity index (χ3v) is 6.05. The molecule has 0 unspecified atom stereocenters. The number of sulfonamides is 1. The van der Waals surface area contributed by atoms with Crippen molar-refractivity contribution in [1.82, 2.24) is 4.72 Å². The van der Waals surface area contributed by atoms with Crippen molar-refractivity contribution in [3.05, 3.63) is 65.7 Å². The van der Waals surface area contributed by atoms with Crippen LogP contribution in [0.1, 0.15) is 35.7 Å². The Balaban J connectivity index is 1.79. The molecular weight excluding hydrogens is 338 g/mol. The Kier molecular flexibility index (Phi) is 4.77. The van der Waals surface area contributed by atoms with Crippen LogP contribution in [-0.4, -0.2) is 25.9 Å². The van der Waals surface area contributed by atoms with Crippen molar-refractivity contribution in [3.63, 3.8) is 0 Å². The van der Waals surface area contributed by atoms with Crippen molar-refractivity contribution in [3.8, 4) is 0 Å². The second-order valence-corrected chi connectivity index (χ2v) is 8.24. The van der Waals surface area contributed by atoms with Crippen LogP contribution in [0.3, 0.4) is 0 Å². The normalized spacial score (nSPS) is 17.0. The molecule has 0 aliphatic heterocycles. The monoisotopic (exact) mass is 359 g/mol. The van der Waals surface area contributed by atoms with Gasteiger partial charge in [0.25, 0.3) is 0 Å². The van der Waals surface area contributed by atoms with E-state index < -0.39 is 15.6 Å². The minimum atomic E-state index is -3.77. The fraction of sp³-hybridized carbons (Fsp3) is 0.316. The van der Waals surface area contributed by atoms with Crippen LogP contribution in [0.2, 0.25) is 0 Å². The maximum absolute atomic E-state index is 12.5. The second-order valence-electron chi connectivity index (χ2n) is 6.47. The van der Waals surface area contributed by atoms with Crippen molar-refractivity contribution in [2.75, 3.05) is 6.54 Å². The predicted molar refractivity (Wildman–Crippen MR) is 94.7 cm³/mol. The molecule has 0 aromatic heterocycles. The summed E-state index contributed by atoms with van der Waals surface area (Å²) in [6.45, 7) is 1.34. The quantitative estimate of drug-likeness (QED) is 0.744. The molecule has 1 saturated carbocycles. The smallest absolute Gasteiger partial charge is 0.240 e. The first-order chi connectivity index (χ1) is 11.8. The van der Waals surface area contributed by atoms with E-state index in [2.05, 4.69) is 4.72 Å². The van der Waals surface area contributed by atoms with Gasteiger partial charge in [-0.2, -0.15) is 0 Å². The van der Waals surface area contributed by atoms with Gasteiger partial charge in [0.2, 0.25) is 10.0 Å². The highest BCUT2D eigenvalue weighted by molar-refractivity contribution is 7.89. The number of nitrogens with one attached hydrogen (secondary N) is 1. The fourth-order valence-electron chi connectivity index (χ4n) is 2.93. The van der Waals surface area contributed by atoms with Gasteiger partial charge in [-0.05, 0) is 43.4 Å². The number of carbonyl (C=O) groups is 1. The fourth-order valence-corrected chi connectivity index (χ4v) is 4.00. The topological polar surface area (TPSA) is 83.5 Å². The van der Waals surface area contributed by atoms with Gasteiger partial charge in [-0.15, -0.1) is 0 Å². The second kappa shape index (κ2) is 6.71. The first-order valence-electron chi connectivity index (χ1n) is 8.21. The Bertz CT molecular complexity index is 858. The van der Waals surface area contributed by atoms with Crippen LogP contribution in [0, 0.1) is 5.92 Å². The van der Waals surface area contributed by atoms with Gasteiger partial charge in [0.1, 0.15) is 5.60 Å². The minimum Gasteiger partial charge on any atom is -0.383 e. The summed E-state index contributed by atoms with van der Waals surface area (Å²) in [7, 11) is -3.77. The van der Waals surface area contributed by atoms with Crippen molar-refractivity contribution in [1.29, 1.82) is 0 Å². The third-order valence-electron chi connectivity index (χ3n) is 4.63. The van der Waals surface area contributed by atoms with Crippen LogP contribution < -0.4 is 4.72 Å². The lowest BCUT2D eigenvalue weighted by atomic mass is 9.89. The summed E-state index contributed by atoms with van der Waals surface area (Å²) in [5, 5.41) is 11.1. The lowest BCUT2D eigenvalue weighted by Gasteiger charge is -2.29. The van der Waals surface area contributed by atoms with Crippen LogP contribution in [0.15, 0.2) is 59.5 Å². The Morgan fingerprint density at radius 2 is 1.72 bits per heavy atom. The van der Waals surface area contributed by atoms with Crippen molar-refractivity contribution >= 4 is 15.8 Å². The van der Waals surface area contributed by atoms with Gasteiger partial charge in [-0.25, -0.2) is 13.1 Å². The molecule has 0 saturated heterocycles. The van der Waals surface area contributed by atoms with E-state index in [1.807, 2.05) is 30.3 Å². The highest BCUT2D eigenvalue weighted by atomic mass is 32.2. The molecular formula is C19H21NO4S. The van der Waals surface area contributed by atoms with Gasteiger partial charge in [0.05, 0.1) is 4.90 Å². The van der Waals surface area contributed by atoms with E-state index in [9.17, 15) is 18.3 Å². The molecule has 0 radical (unpaired) electrons. The van der Waals surface area contributed by atoms with Gasteiger partial charge in [0.15, 0.2) is 5.78 Å². The lowest BCUT2D eigenvalue weighted by Crippen LogP contribution is -2.42. The first-order valence-corrected chi connectivity index (χ1v) is 9.70. The molecule has 0 spiro atoms. The largest absolute Gasteiger partial charge is 0.383 e. The van der Waals surface area contributed by atoms with E-state index in [0.29, 0.717) is 11.1 Å². The maximum atomic E-state index is 12.5. The van der Waals surface area contributed by atoms with Gasteiger partial charge in [-0.1, -0.05) is 42.5 Å². The zero-order chi connectivity index (χ0) is 18.1. The number of hydrogen-bond donors (Lipinski definition) is 2. The SMILES string of the molecule is CC(=O)c1ccc(S(=O)(=O)NC[C@](O)(c2ccccc2)C2CC2)cc1. The van der Waals surface area contributed by atoms with Crippen LogP contribution >= 0.6 is 0 Å². The summed E-state index contributed by atoms with van der Waals surface area (Å²) in [4.78, 5) is 11.4. The standard InChI is InChI=1S/C19H21NO4S/c1-14(21)15-7-11-18(12-8-15)25(23,24)20-13-19(22,17-9-10-17)16-5-3-2-4-6-16/h2-8,11-12,17,20,22H,9-10,13H2,1H3/t19-/m0/s1. The molecule has 2 N–H and O–H groups in total. The van der Waals surface area contributed by atoms with E-state index in [-0.39, 0.29) is 23.1 Å². The summed E-state index contributed by atoms with van der Waals surface area (Å²) >= 11 is 0. The summed E-state index contributed by atoms with van der Waals surface area (Å²) in [6, 6.07) is 14.9. The van der Waals surface area contributed by atoms with E-state index >= 15 is 0 Å². The molecule has 3 rings (SSSR count). The molecule has 0 heterocycles. The Labute approximate surface area is 147 Å². The highest BCUT2D eigenvalue weighted by Gasteiger charge is 2.45. The van der Waals surface area contributed by atoms with Crippen molar-refractivity contribution in [2.45, 2.75) is 30.3 Å². The average molecular weight is 359 g/mol. The molecule has 0 amide bonds. The molecule has 1 atom stereocenters. The lowest BCUT2D eigenvalue weighted by molar-refractivity contribution is 0.0185. The molecule has 25 heavy (non-hydrogen) atoms. The van der Waals surface area contributed by atoms with Gasteiger partial charge >= 0.3 is 0 Å². The average Bonchev–Trinajstić information content (AvgIpc) is 3.46. The number of rotatable bonds is 7. The molecule has 1 fully saturated rings. The van der Waals surface area contributed by atoms with E-state index in [1.54, 1.807) is 0 Å². The predicted octanol–water partition coefficient (Wildman–Crippen LogP) is 2.47. The van der Waals surface area contributed by atoms with Gasteiger partial charge in [-0.3, -0.25) is 4.79 Å². The van der Waals surface area contributed by atoms with Crippen LogP contribution in [0.25, 0.3) is 0 Å². The third kappa shape index (κ3) is 3.81. The molecule has 6 heteroatoms. The zero-order valence-corrected chi connectivity index (χ0v) is 14.8. The van der Waals surface area contributed by atoms with Crippen LogP contribution in [-0.2, 0) is 15.6 Å². The number of hydrogen-bond acceptors (Lipinski definition) is 4. The van der Waals surface area contributed by atoms with E-state index in [4.69, 9.17) is 0 Å². The molecule has 2 aromatic rings. The summed E-state index contributed by atoms with van der Waals surface area (Å²) in [5.41, 5.74) is -0.0435. The molecule has 2 aromatic carbocycles. The molecule has 0 bridgehead atoms. The number of benzene rings is 2. The summed E-state index contributed by atoms with van der Waals surface area (Å²) < 4.78 is 27.6. The molecule has 132 valence electrons.